The van der Waals surface area contributed by atoms with Crippen molar-refractivity contribution in [1.29, 1.82) is 0 Å². The number of hydrogen-bond donors (Lipinski definition) is 0. The van der Waals surface area contributed by atoms with E-state index in [1.807, 2.05) is 21.9 Å². The first kappa shape index (κ1) is 20.6. The van der Waals surface area contributed by atoms with Gasteiger partial charge < -0.3 is 9.80 Å². The molecule has 3 heterocycles. The highest BCUT2D eigenvalue weighted by atomic mass is 16.2. The number of likely N-dealkylation sites (tertiary alicyclic amines) is 2. The van der Waals surface area contributed by atoms with Crippen LogP contribution >= 0.6 is 0 Å². The summed E-state index contributed by atoms with van der Waals surface area (Å²) in [4.78, 5) is 32.9. The molecule has 0 N–H and O–H groups in total. The van der Waals surface area contributed by atoms with Crippen LogP contribution in [0.1, 0.15) is 53.7 Å². The van der Waals surface area contributed by atoms with E-state index in [9.17, 15) is 9.59 Å². The van der Waals surface area contributed by atoms with E-state index in [-0.39, 0.29) is 5.91 Å². The highest BCUT2D eigenvalue weighted by Gasteiger charge is 2.24. The van der Waals surface area contributed by atoms with Crippen LogP contribution in [0.3, 0.4) is 0 Å². The minimum atomic E-state index is 0.0434. The molecule has 4 rings (SSSR count). The van der Waals surface area contributed by atoms with E-state index in [0.717, 1.165) is 64.7 Å². The SMILES string of the molecule is O=C(CCc1ccc(CC2CCN(C(=O)c3ccccn3)CC2)cc1)N1CCCC1. The summed E-state index contributed by atoms with van der Waals surface area (Å²) in [5, 5.41) is 0. The minimum Gasteiger partial charge on any atom is -0.343 e. The second-order valence-electron chi connectivity index (χ2n) is 8.56. The second-order valence-corrected chi connectivity index (χ2v) is 8.56. The molecule has 0 atom stereocenters. The monoisotopic (exact) mass is 405 g/mol. The molecule has 2 aliphatic heterocycles. The van der Waals surface area contributed by atoms with Gasteiger partial charge in [-0.1, -0.05) is 30.3 Å². The third-order valence-electron chi connectivity index (χ3n) is 6.42. The highest BCUT2D eigenvalue weighted by Crippen LogP contribution is 2.23. The van der Waals surface area contributed by atoms with Crippen molar-refractivity contribution >= 4 is 11.8 Å². The van der Waals surface area contributed by atoms with Gasteiger partial charge in [-0.2, -0.15) is 0 Å². The van der Waals surface area contributed by atoms with Gasteiger partial charge in [0, 0.05) is 38.8 Å². The number of amides is 2. The number of benzene rings is 1. The van der Waals surface area contributed by atoms with Gasteiger partial charge in [0.05, 0.1) is 0 Å². The molecular formula is C25H31N3O2. The molecule has 158 valence electrons. The fraction of sp³-hybridized carbons (Fsp3) is 0.480. The minimum absolute atomic E-state index is 0.0434. The van der Waals surface area contributed by atoms with Gasteiger partial charge in [-0.05, 0) is 67.7 Å². The summed E-state index contributed by atoms with van der Waals surface area (Å²) in [6.07, 6.45) is 8.53. The smallest absolute Gasteiger partial charge is 0.272 e. The largest absolute Gasteiger partial charge is 0.343 e. The standard InChI is InChI=1S/C25H31N3O2/c29-24(27-15-3-4-16-27)11-10-20-6-8-21(9-7-20)19-22-12-17-28(18-13-22)25(30)23-5-1-2-14-26-23/h1-2,5-9,14,22H,3-4,10-13,15-19H2. The van der Waals surface area contributed by atoms with Crippen molar-refractivity contribution in [3.8, 4) is 0 Å². The Bertz CT molecular complexity index is 836. The zero-order chi connectivity index (χ0) is 20.8. The van der Waals surface area contributed by atoms with Gasteiger partial charge in [0.1, 0.15) is 5.69 Å². The van der Waals surface area contributed by atoms with Crippen LogP contribution in [-0.2, 0) is 17.6 Å². The molecule has 0 spiro atoms. The van der Waals surface area contributed by atoms with E-state index in [1.54, 1.807) is 12.3 Å². The lowest BCUT2D eigenvalue weighted by Gasteiger charge is -2.32. The Morgan fingerprint density at radius 2 is 1.57 bits per heavy atom. The van der Waals surface area contributed by atoms with E-state index in [0.29, 0.717) is 23.9 Å². The zero-order valence-corrected chi connectivity index (χ0v) is 17.6. The van der Waals surface area contributed by atoms with Gasteiger partial charge in [0.2, 0.25) is 5.91 Å². The van der Waals surface area contributed by atoms with Gasteiger partial charge in [-0.25, -0.2) is 0 Å². The van der Waals surface area contributed by atoms with Crippen LogP contribution in [0, 0.1) is 5.92 Å². The lowest BCUT2D eigenvalue weighted by atomic mass is 9.89. The van der Waals surface area contributed by atoms with Crippen LogP contribution in [0.2, 0.25) is 0 Å². The first-order valence-corrected chi connectivity index (χ1v) is 11.2. The first-order chi connectivity index (χ1) is 14.7. The van der Waals surface area contributed by atoms with Crippen molar-refractivity contribution in [2.45, 2.75) is 44.9 Å². The molecule has 2 saturated heterocycles. The maximum Gasteiger partial charge on any atom is 0.272 e. The van der Waals surface area contributed by atoms with Crippen molar-refractivity contribution < 1.29 is 9.59 Å². The van der Waals surface area contributed by atoms with E-state index < -0.39 is 0 Å². The molecule has 1 aromatic heterocycles. The van der Waals surface area contributed by atoms with Gasteiger partial charge in [-0.3, -0.25) is 14.6 Å². The van der Waals surface area contributed by atoms with Crippen molar-refractivity contribution in [3.63, 3.8) is 0 Å². The Morgan fingerprint density at radius 3 is 2.23 bits per heavy atom. The third kappa shape index (κ3) is 5.26. The molecule has 2 aliphatic rings. The van der Waals surface area contributed by atoms with Gasteiger partial charge >= 0.3 is 0 Å². The number of carbonyl (C=O) groups is 2. The lowest BCUT2D eigenvalue weighted by Crippen LogP contribution is -2.39. The Balaban J connectivity index is 1.21. The van der Waals surface area contributed by atoms with Crippen molar-refractivity contribution in [2.75, 3.05) is 26.2 Å². The summed E-state index contributed by atoms with van der Waals surface area (Å²) in [7, 11) is 0. The molecule has 2 amide bonds. The van der Waals surface area contributed by atoms with Crippen LogP contribution < -0.4 is 0 Å². The van der Waals surface area contributed by atoms with Gasteiger partial charge in [0.15, 0.2) is 0 Å². The Kier molecular flexibility index (Phi) is 6.77. The third-order valence-corrected chi connectivity index (χ3v) is 6.42. The first-order valence-electron chi connectivity index (χ1n) is 11.2. The van der Waals surface area contributed by atoms with Crippen molar-refractivity contribution in [3.05, 3.63) is 65.5 Å². The zero-order valence-electron chi connectivity index (χ0n) is 17.6. The number of carbonyl (C=O) groups excluding carboxylic acids is 2. The second kappa shape index (κ2) is 9.88. The quantitative estimate of drug-likeness (QED) is 0.736. The number of pyridine rings is 1. The van der Waals surface area contributed by atoms with Crippen LogP contribution in [0.5, 0.6) is 0 Å². The summed E-state index contributed by atoms with van der Waals surface area (Å²) in [6.45, 7) is 3.47. The maximum absolute atomic E-state index is 12.5. The number of piperidine rings is 1. The number of aromatic nitrogens is 1. The normalized spacial score (nSPS) is 17.3. The van der Waals surface area contributed by atoms with Crippen LogP contribution in [0.25, 0.3) is 0 Å². The molecule has 5 heteroatoms. The van der Waals surface area contributed by atoms with Crippen LogP contribution in [-0.4, -0.2) is 52.8 Å². The summed E-state index contributed by atoms with van der Waals surface area (Å²) in [5.41, 5.74) is 3.12. The predicted molar refractivity (Wildman–Crippen MR) is 117 cm³/mol. The Morgan fingerprint density at radius 1 is 0.867 bits per heavy atom. The lowest BCUT2D eigenvalue weighted by molar-refractivity contribution is -0.130. The molecule has 2 aromatic rings. The average Bonchev–Trinajstić information content (AvgIpc) is 3.34. The molecule has 0 radical (unpaired) electrons. The summed E-state index contributed by atoms with van der Waals surface area (Å²) in [6, 6.07) is 14.2. The summed E-state index contributed by atoms with van der Waals surface area (Å²) < 4.78 is 0. The molecule has 2 fully saturated rings. The number of nitrogens with zero attached hydrogens (tertiary/aromatic N) is 3. The molecule has 30 heavy (non-hydrogen) atoms. The molecule has 5 nitrogen and oxygen atoms in total. The van der Waals surface area contributed by atoms with Crippen LogP contribution in [0.4, 0.5) is 0 Å². The fourth-order valence-corrected chi connectivity index (χ4v) is 4.54. The predicted octanol–water partition coefficient (Wildman–Crippen LogP) is 3.73. The molecular weight excluding hydrogens is 374 g/mol. The Hall–Kier alpha value is -2.69. The average molecular weight is 406 g/mol. The fourth-order valence-electron chi connectivity index (χ4n) is 4.54. The highest BCUT2D eigenvalue weighted by molar-refractivity contribution is 5.92. The molecule has 1 aromatic carbocycles. The van der Waals surface area contributed by atoms with Crippen molar-refractivity contribution in [2.24, 2.45) is 5.92 Å². The van der Waals surface area contributed by atoms with Gasteiger partial charge in [0.25, 0.3) is 5.91 Å². The molecule has 0 bridgehead atoms. The van der Waals surface area contributed by atoms with Crippen LogP contribution in [0.15, 0.2) is 48.7 Å². The van der Waals surface area contributed by atoms with Crippen molar-refractivity contribution in [1.82, 2.24) is 14.8 Å². The van der Waals surface area contributed by atoms with E-state index in [2.05, 4.69) is 29.2 Å². The summed E-state index contributed by atoms with van der Waals surface area (Å²) in [5.74, 6) is 0.950. The molecule has 0 aliphatic carbocycles. The van der Waals surface area contributed by atoms with Gasteiger partial charge in [-0.15, -0.1) is 0 Å². The number of rotatable bonds is 6. The number of aryl methyl sites for hydroxylation is 1. The van der Waals surface area contributed by atoms with E-state index in [1.165, 1.54) is 11.1 Å². The topological polar surface area (TPSA) is 53.5 Å². The maximum atomic E-state index is 12.5. The molecule has 0 saturated carbocycles. The van der Waals surface area contributed by atoms with E-state index in [4.69, 9.17) is 0 Å². The van der Waals surface area contributed by atoms with E-state index >= 15 is 0 Å². The number of hydrogen-bond acceptors (Lipinski definition) is 3. The summed E-state index contributed by atoms with van der Waals surface area (Å²) >= 11 is 0. The molecule has 0 unspecified atom stereocenters. The Labute approximate surface area is 179 Å².